The SMILES string of the molecule is COC(=O)OC(C)CC(c1ccc(OC(C)=O)c(OC(C)=O)c1)[C@H](N)C(=O)O. The number of nitrogens with two attached hydrogens (primary N) is 1. The fraction of sp³-hybridized carbons (Fsp3) is 0.444. The number of carboxylic acid groups (broad SMARTS) is 1. The number of benzene rings is 1. The Hall–Kier alpha value is -3.14. The molecule has 10 nitrogen and oxygen atoms in total. The van der Waals surface area contributed by atoms with E-state index >= 15 is 0 Å². The largest absolute Gasteiger partial charge is 0.508 e. The van der Waals surface area contributed by atoms with E-state index in [-0.39, 0.29) is 17.9 Å². The normalized spacial score (nSPS) is 13.6. The highest BCUT2D eigenvalue weighted by atomic mass is 16.7. The van der Waals surface area contributed by atoms with E-state index in [4.69, 9.17) is 19.9 Å². The molecule has 0 heterocycles. The van der Waals surface area contributed by atoms with Crippen LogP contribution in [0.15, 0.2) is 18.2 Å². The Kier molecular flexibility index (Phi) is 8.39. The van der Waals surface area contributed by atoms with Gasteiger partial charge in [0.15, 0.2) is 11.5 Å². The third-order valence-electron chi connectivity index (χ3n) is 3.67. The summed E-state index contributed by atoms with van der Waals surface area (Å²) in [4.78, 5) is 45.3. The molecule has 0 saturated heterocycles. The van der Waals surface area contributed by atoms with Gasteiger partial charge >= 0.3 is 24.1 Å². The molecule has 0 aromatic heterocycles. The molecule has 0 saturated carbocycles. The smallest absolute Gasteiger partial charge is 0.480 e. The van der Waals surface area contributed by atoms with E-state index in [9.17, 15) is 24.3 Å². The van der Waals surface area contributed by atoms with Crippen molar-refractivity contribution in [1.82, 2.24) is 0 Å². The van der Waals surface area contributed by atoms with Crippen molar-refractivity contribution in [3.05, 3.63) is 23.8 Å². The van der Waals surface area contributed by atoms with Crippen LogP contribution in [-0.2, 0) is 23.9 Å². The number of carboxylic acids is 1. The maximum atomic E-state index is 11.4. The van der Waals surface area contributed by atoms with Gasteiger partial charge in [0.1, 0.15) is 12.1 Å². The number of esters is 2. The molecule has 0 bridgehead atoms. The van der Waals surface area contributed by atoms with Crippen molar-refractivity contribution in [2.24, 2.45) is 5.73 Å². The molecule has 0 amide bonds. The zero-order chi connectivity index (χ0) is 21.4. The van der Waals surface area contributed by atoms with Gasteiger partial charge < -0.3 is 29.8 Å². The van der Waals surface area contributed by atoms with Crippen LogP contribution in [0.1, 0.15) is 38.7 Å². The molecule has 0 aliphatic carbocycles. The highest BCUT2D eigenvalue weighted by molar-refractivity contribution is 5.76. The van der Waals surface area contributed by atoms with E-state index in [0.717, 1.165) is 14.0 Å². The third-order valence-corrected chi connectivity index (χ3v) is 3.67. The molecule has 2 unspecified atom stereocenters. The first kappa shape index (κ1) is 22.9. The Labute approximate surface area is 161 Å². The second kappa shape index (κ2) is 10.3. The lowest BCUT2D eigenvalue weighted by Gasteiger charge is -2.25. The Morgan fingerprint density at radius 1 is 1.07 bits per heavy atom. The van der Waals surface area contributed by atoms with Gasteiger partial charge in [0, 0.05) is 19.8 Å². The molecule has 3 N–H and O–H groups in total. The Bertz CT molecular complexity index is 747. The van der Waals surface area contributed by atoms with E-state index < -0.39 is 42.1 Å². The lowest BCUT2D eigenvalue weighted by molar-refractivity contribution is -0.139. The van der Waals surface area contributed by atoms with Gasteiger partial charge in [-0.2, -0.15) is 0 Å². The summed E-state index contributed by atoms with van der Waals surface area (Å²) in [5, 5.41) is 9.33. The number of hydrogen-bond acceptors (Lipinski definition) is 9. The molecular weight excluding hydrogens is 374 g/mol. The first-order valence-corrected chi connectivity index (χ1v) is 8.28. The molecule has 0 spiro atoms. The zero-order valence-corrected chi connectivity index (χ0v) is 16.0. The third kappa shape index (κ3) is 6.88. The van der Waals surface area contributed by atoms with Gasteiger partial charge in [-0.05, 0) is 31.0 Å². The summed E-state index contributed by atoms with van der Waals surface area (Å²) in [6.45, 7) is 3.90. The Balaban J connectivity index is 3.27. The molecule has 0 radical (unpaired) electrons. The molecule has 0 fully saturated rings. The van der Waals surface area contributed by atoms with Gasteiger partial charge in [-0.15, -0.1) is 0 Å². The summed E-state index contributed by atoms with van der Waals surface area (Å²) < 4.78 is 19.4. The first-order valence-electron chi connectivity index (χ1n) is 8.28. The molecule has 0 aliphatic heterocycles. The van der Waals surface area contributed by atoms with Gasteiger partial charge in [-0.3, -0.25) is 14.4 Å². The second-order valence-corrected chi connectivity index (χ2v) is 5.98. The van der Waals surface area contributed by atoms with Crippen molar-refractivity contribution in [3.63, 3.8) is 0 Å². The number of ether oxygens (including phenoxy) is 4. The quantitative estimate of drug-likeness (QED) is 0.488. The summed E-state index contributed by atoms with van der Waals surface area (Å²) in [5.74, 6) is -3.43. The Morgan fingerprint density at radius 2 is 1.64 bits per heavy atom. The molecule has 1 aromatic rings. The molecular formula is C18H23NO9. The predicted molar refractivity (Wildman–Crippen MR) is 95.0 cm³/mol. The molecule has 10 heteroatoms. The van der Waals surface area contributed by atoms with E-state index in [1.54, 1.807) is 6.92 Å². The van der Waals surface area contributed by atoms with E-state index in [2.05, 4.69) is 4.74 Å². The van der Waals surface area contributed by atoms with Crippen molar-refractivity contribution in [2.45, 2.75) is 45.3 Å². The van der Waals surface area contributed by atoms with Crippen molar-refractivity contribution in [2.75, 3.05) is 7.11 Å². The Morgan fingerprint density at radius 3 is 2.14 bits per heavy atom. The van der Waals surface area contributed by atoms with Crippen LogP contribution in [0.3, 0.4) is 0 Å². The molecule has 3 atom stereocenters. The monoisotopic (exact) mass is 397 g/mol. The standard InChI is InChI=1S/C18H23NO9/c1-9(26-18(24)25-4)7-13(16(19)17(22)23)12-5-6-14(27-10(2)20)15(8-12)28-11(3)21/h5-6,8-9,13,16H,7,19H2,1-4H3,(H,22,23)/t9?,13?,16-/m0/s1. The summed E-state index contributed by atoms with van der Waals surface area (Å²) in [6, 6.07) is 2.87. The number of hydrogen-bond donors (Lipinski definition) is 2. The van der Waals surface area contributed by atoms with Crippen molar-refractivity contribution in [3.8, 4) is 11.5 Å². The van der Waals surface area contributed by atoms with E-state index in [1.807, 2.05) is 0 Å². The van der Waals surface area contributed by atoms with Gasteiger partial charge in [0.05, 0.1) is 7.11 Å². The van der Waals surface area contributed by atoms with E-state index in [1.165, 1.54) is 25.1 Å². The number of methoxy groups -OCH3 is 1. The highest BCUT2D eigenvalue weighted by Crippen LogP contribution is 2.34. The molecule has 0 aliphatic rings. The van der Waals surface area contributed by atoms with Gasteiger partial charge in [0.25, 0.3) is 0 Å². The van der Waals surface area contributed by atoms with Crippen LogP contribution in [0.2, 0.25) is 0 Å². The summed E-state index contributed by atoms with van der Waals surface area (Å²) in [7, 11) is 1.15. The van der Waals surface area contributed by atoms with Crippen LogP contribution in [0.5, 0.6) is 11.5 Å². The summed E-state index contributed by atoms with van der Waals surface area (Å²) in [6.07, 6.45) is -1.58. The molecule has 1 aromatic carbocycles. The maximum Gasteiger partial charge on any atom is 0.508 e. The lowest BCUT2D eigenvalue weighted by Crippen LogP contribution is -2.38. The average Bonchev–Trinajstić information content (AvgIpc) is 2.59. The summed E-state index contributed by atoms with van der Waals surface area (Å²) >= 11 is 0. The van der Waals surface area contributed by atoms with Crippen LogP contribution in [0, 0.1) is 0 Å². The van der Waals surface area contributed by atoms with Crippen LogP contribution in [0.25, 0.3) is 0 Å². The van der Waals surface area contributed by atoms with Crippen molar-refractivity contribution in [1.29, 1.82) is 0 Å². The van der Waals surface area contributed by atoms with Crippen LogP contribution in [0.4, 0.5) is 4.79 Å². The first-order chi connectivity index (χ1) is 13.0. The van der Waals surface area contributed by atoms with Gasteiger partial charge in [0.2, 0.25) is 0 Å². The maximum absolute atomic E-state index is 11.4. The molecule has 28 heavy (non-hydrogen) atoms. The zero-order valence-electron chi connectivity index (χ0n) is 16.0. The average molecular weight is 397 g/mol. The number of aliphatic carboxylic acids is 1. The minimum absolute atomic E-state index is 0.00652. The van der Waals surface area contributed by atoms with Gasteiger partial charge in [-0.1, -0.05) is 6.07 Å². The molecule has 154 valence electrons. The van der Waals surface area contributed by atoms with E-state index in [0.29, 0.717) is 5.56 Å². The number of carbonyl (C=O) groups excluding carboxylic acids is 3. The number of rotatable bonds is 8. The minimum atomic E-state index is -1.34. The lowest BCUT2D eigenvalue weighted by atomic mass is 9.87. The van der Waals surface area contributed by atoms with Crippen LogP contribution < -0.4 is 15.2 Å². The fourth-order valence-corrected chi connectivity index (χ4v) is 2.51. The van der Waals surface area contributed by atoms with Crippen molar-refractivity contribution >= 4 is 24.1 Å². The van der Waals surface area contributed by atoms with Crippen molar-refractivity contribution < 1.29 is 43.2 Å². The van der Waals surface area contributed by atoms with Gasteiger partial charge in [-0.25, -0.2) is 4.79 Å². The molecule has 1 rings (SSSR count). The number of carbonyl (C=O) groups is 4. The fourth-order valence-electron chi connectivity index (χ4n) is 2.51. The second-order valence-electron chi connectivity index (χ2n) is 5.98. The van der Waals surface area contributed by atoms with Crippen LogP contribution >= 0.6 is 0 Å². The highest BCUT2D eigenvalue weighted by Gasteiger charge is 2.30. The summed E-state index contributed by atoms with van der Waals surface area (Å²) in [5.41, 5.74) is 6.20. The van der Waals surface area contributed by atoms with Crippen LogP contribution in [-0.4, -0.2) is 48.4 Å². The topological polar surface area (TPSA) is 151 Å². The minimum Gasteiger partial charge on any atom is -0.480 e. The predicted octanol–water partition coefficient (Wildman–Crippen LogP) is 1.59.